The number of carbonyl (C=O) groups is 3. The fraction of sp³-hybridized carbons (Fsp3) is 0.269. The second-order valence-corrected chi connectivity index (χ2v) is 8.57. The average molecular weight is 483 g/mol. The van der Waals surface area contributed by atoms with E-state index in [0.717, 1.165) is 16.7 Å². The molecule has 2 aromatic carbocycles. The Balaban J connectivity index is 1.92. The van der Waals surface area contributed by atoms with Gasteiger partial charge in [0.2, 0.25) is 0 Å². The number of aryl methyl sites for hydroxylation is 1. The molecule has 0 spiro atoms. The summed E-state index contributed by atoms with van der Waals surface area (Å²) in [6.07, 6.45) is -1.01. The van der Waals surface area contributed by atoms with Gasteiger partial charge in [0.1, 0.15) is 24.2 Å². The van der Waals surface area contributed by atoms with Crippen molar-refractivity contribution in [2.24, 2.45) is 0 Å². The molecule has 34 heavy (non-hydrogen) atoms. The third-order valence-electron chi connectivity index (χ3n) is 5.23. The lowest BCUT2D eigenvalue weighted by Gasteiger charge is -2.23. The van der Waals surface area contributed by atoms with E-state index < -0.39 is 18.0 Å². The summed E-state index contributed by atoms with van der Waals surface area (Å²) in [5.74, 6) is -1.67. The molecule has 3 aromatic rings. The minimum absolute atomic E-state index is 0.115. The molecule has 2 N–H and O–H groups in total. The SMILES string of the molecule is Cc1ccccc1[C@@H](CCC(=O)O)Oc1cc(OCc2ccsc2)ccc1C(=O)CCC(=O)O. The van der Waals surface area contributed by atoms with Crippen LogP contribution in [0.4, 0.5) is 0 Å². The van der Waals surface area contributed by atoms with Gasteiger partial charge in [0, 0.05) is 18.9 Å². The fourth-order valence-electron chi connectivity index (χ4n) is 3.45. The number of thiophene rings is 1. The summed E-state index contributed by atoms with van der Waals surface area (Å²) in [7, 11) is 0. The van der Waals surface area contributed by atoms with Gasteiger partial charge in [0.25, 0.3) is 0 Å². The first kappa shape index (κ1) is 25.0. The zero-order valence-electron chi connectivity index (χ0n) is 18.7. The van der Waals surface area contributed by atoms with Gasteiger partial charge in [-0.1, -0.05) is 24.3 Å². The minimum Gasteiger partial charge on any atom is -0.489 e. The van der Waals surface area contributed by atoms with Crippen LogP contribution in [0.5, 0.6) is 11.5 Å². The van der Waals surface area contributed by atoms with Gasteiger partial charge >= 0.3 is 11.9 Å². The summed E-state index contributed by atoms with van der Waals surface area (Å²) in [6, 6.07) is 14.3. The number of hydrogen-bond acceptors (Lipinski definition) is 6. The maximum atomic E-state index is 12.8. The molecule has 3 rings (SSSR count). The second kappa shape index (κ2) is 12.0. The normalized spacial score (nSPS) is 11.6. The lowest BCUT2D eigenvalue weighted by Crippen LogP contribution is -2.14. The molecule has 0 aliphatic carbocycles. The van der Waals surface area contributed by atoms with E-state index >= 15 is 0 Å². The van der Waals surface area contributed by atoms with E-state index in [1.165, 1.54) is 0 Å². The highest BCUT2D eigenvalue weighted by atomic mass is 32.1. The Morgan fingerprint density at radius 3 is 2.41 bits per heavy atom. The molecule has 1 heterocycles. The maximum absolute atomic E-state index is 12.8. The number of hydrogen-bond donors (Lipinski definition) is 2. The predicted octanol–water partition coefficient (Wildman–Crippen LogP) is 5.67. The van der Waals surface area contributed by atoms with E-state index in [1.54, 1.807) is 29.5 Å². The van der Waals surface area contributed by atoms with Crippen LogP contribution in [0, 0.1) is 6.92 Å². The molecule has 0 saturated heterocycles. The summed E-state index contributed by atoms with van der Waals surface area (Å²) in [6.45, 7) is 2.25. The molecule has 0 aliphatic heterocycles. The number of ketones is 1. The van der Waals surface area contributed by atoms with Crippen molar-refractivity contribution in [3.05, 3.63) is 81.5 Å². The highest BCUT2D eigenvalue weighted by Crippen LogP contribution is 2.34. The highest BCUT2D eigenvalue weighted by Gasteiger charge is 2.22. The largest absolute Gasteiger partial charge is 0.489 e. The van der Waals surface area contributed by atoms with Crippen molar-refractivity contribution in [3.63, 3.8) is 0 Å². The van der Waals surface area contributed by atoms with E-state index in [1.807, 2.05) is 48.0 Å². The van der Waals surface area contributed by atoms with Crippen LogP contribution in [0.2, 0.25) is 0 Å². The zero-order valence-corrected chi connectivity index (χ0v) is 19.5. The van der Waals surface area contributed by atoms with Crippen LogP contribution in [0.25, 0.3) is 0 Å². The molecular formula is C26H26O7S. The summed E-state index contributed by atoms with van der Waals surface area (Å²) in [4.78, 5) is 35.0. The molecule has 0 fully saturated rings. The van der Waals surface area contributed by atoms with Gasteiger partial charge in [-0.05, 0) is 59.0 Å². The second-order valence-electron chi connectivity index (χ2n) is 7.79. The Kier molecular flexibility index (Phi) is 8.81. The number of carboxylic acids is 2. The van der Waals surface area contributed by atoms with Gasteiger partial charge in [-0.15, -0.1) is 0 Å². The molecule has 0 radical (unpaired) electrons. The minimum atomic E-state index is -1.06. The lowest BCUT2D eigenvalue weighted by molar-refractivity contribution is -0.138. The summed E-state index contributed by atoms with van der Waals surface area (Å²) < 4.78 is 12.1. The van der Waals surface area contributed by atoms with E-state index in [4.69, 9.17) is 14.6 Å². The number of ether oxygens (including phenoxy) is 2. The van der Waals surface area contributed by atoms with Gasteiger partial charge < -0.3 is 19.7 Å². The zero-order chi connectivity index (χ0) is 24.5. The fourth-order valence-corrected chi connectivity index (χ4v) is 4.10. The molecule has 178 valence electrons. The third kappa shape index (κ3) is 7.18. The van der Waals surface area contributed by atoms with Crippen LogP contribution in [0.1, 0.15) is 58.8 Å². The molecule has 0 amide bonds. The smallest absolute Gasteiger partial charge is 0.303 e. The Bertz CT molecular complexity index is 1140. The molecule has 7 nitrogen and oxygen atoms in total. The Morgan fingerprint density at radius 2 is 1.74 bits per heavy atom. The molecule has 1 atom stereocenters. The van der Waals surface area contributed by atoms with Crippen molar-refractivity contribution in [1.29, 1.82) is 0 Å². The Morgan fingerprint density at radius 1 is 0.971 bits per heavy atom. The van der Waals surface area contributed by atoms with Crippen LogP contribution in [-0.4, -0.2) is 27.9 Å². The van der Waals surface area contributed by atoms with Crippen molar-refractivity contribution in [2.75, 3.05) is 0 Å². The number of benzene rings is 2. The summed E-state index contributed by atoms with van der Waals surface area (Å²) in [5, 5.41) is 22.1. The van der Waals surface area contributed by atoms with E-state index in [9.17, 15) is 19.5 Å². The Labute approximate surface area is 201 Å². The molecular weight excluding hydrogens is 456 g/mol. The lowest BCUT2D eigenvalue weighted by atomic mass is 9.99. The molecule has 0 aliphatic rings. The van der Waals surface area contributed by atoms with Crippen LogP contribution in [0.3, 0.4) is 0 Å². The van der Waals surface area contributed by atoms with Crippen LogP contribution in [0.15, 0.2) is 59.3 Å². The first-order valence-corrected chi connectivity index (χ1v) is 11.7. The number of rotatable bonds is 13. The van der Waals surface area contributed by atoms with Crippen molar-refractivity contribution in [2.45, 2.75) is 45.3 Å². The van der Waals surface area contributed by atoms with E-state index in [2.05, 4.69) is 0 Å². The quantitative estimate of drug-likeness (QED) is 0.302. The predicted molar refractivity (Wildman–Crippen MR) is 128 cm³/mol. The third-order valence-corrected chi connectivity index (χ3v) is 5.96. The topological polar surface area (TPSA) is 110 Å². The number of Topliss-reactive ketones (excluding diaryl/α,β-unsaturated/α-hetero) is 1. The van der Waals surface area contributed by atoms with Crippen molar-refractivity contribution < 1.29 is 34.1 Å². The van der Waals surface area contributed by atoms with Crippen LogP contribution >= 0.6 is 11.3 Å². The Hall–Kier alpha value is -3.65. The molecule has 1 aromatic heterocycles. The van der Waals surface area contributed by atoms with Crippen LogP contribution < -0.4 is 9.47 Å². The van der Waals surface area contributed by atoms with Gasteiger partial charge in [-0.2, -0.15) is 11.3 Å². The monoisotopic (exact) mass is 482 g/mol. The van der Waals surface area contributed by atoms with Gasteiger partial charge in [-0.3, -0.25) is 14.4 Å². The molecule has 8 heteroatoms. The van der Waals surface area contributed by atoms with Gasteiger partial charge in [-0.25, -0.2) is 0 Å². The number of aliphatic carboxylic acids is 2. The average Bonchev–Trinajstić information content (AvgIpc) is 3.33. The molecule has 0 bridgehead atoms. The van der Waals surface area contributed by atoms with Gasteiger partial charge in [0.05, 0.1) is 12.0 Å². The number of carbonyl (C=O) groups excluding carboxylic acids is 1. The summed E-state index contributed by atoms with van der Waals surface area (Å²) in [5.41, 5.74) is 2.99. The van der Waals surface area contributed by atoms with E-state index in [-0.39, 0.29) is 42.8 Å². The van der Waals surface area contributed by atoms with Crippen molar-refractivity contribution >= 4 is 29.1 Å². The first-order chi connectivity index (χ1) is 16.3. The van der Waals surface area contributed by atoms with E-state index in [0.29, 0.717) is 12.4 Å². The van der Waals surface area contributed by atoms with Crippen molar-refractivity contribution in [1.82, 2.24) is 0 Å². The maximum Gasteiger partial charge on any atom is 0.303 e. The van der Waals surface area contributed by atoms with Gasteiger partial charge in [0.15, 0.2) is 5.78 Å². The number of carboxylic acid groups (broad SMARTS) is 2. The first-order valence-electron chi connectivity index (χ1n) is 10.8. The highest BCUT2D eigenvalue weighted by molar-refractivity contribution is 7.07. The molecule has 0 unspecified atom stereocenters. The van der Waals surface area contributed by atoms with Crippen LogP contribution in [-0.2, 0) is 16.2 Å². The summed E-state index contributed by atoms with van der Waals surface area (Å²) >= 11 is 1.56. The standard InChI is InChI=1S/C26H26O7S/c1-17-4-2-3-5-20(17)23(9-11-26(30)31)33-24-14-19(32-15-18-12-13-34-16-18)6-7-21(24)22(27)8-10-25(28)29/h2-7,12-14,16,23H,8-11,15H2,1H3,(H,28,29)(H,30,31)/t23-/m1/s1. The van der Waals surface area contributed by atoms with Crippen molar-refractivity contribution in [3.8, 4) is 11.5 Å². The molecule has 0 saturated carbocycles.